The molecule has 18 heavy (non-hydrogen) atoms. The molecule has 94 valence electrons. The van der Waals surface area contributed by atoms with Gasteiger partial charge in [0, 0.05) is 18.0 Å². The molecule has 2 rings (SSSR count). The second-order valence-electron chi connectivity index (χ2n) is 4.01. The Hall–Kier alpha value is -2.23. The molecule has 2 aromatic rings. The van der Waals surface area contributed by atoms with Gasteiger partial charge in [0.2, 0.25) is 5.43 Å². The van der Waals surface area contributed by atoms with Crippen molar-refractivity contribution in [2.75, 3.05) is 12.3 Å². The molecule has 0 aliphatic rings. The second kappa shape index (κ2) is 4.96. The highest BCUT2D eigenvalue weighted by atomic mass is 16.5. The van der Waals surface area contributed by atoms with Crippen LogP contribution in [0.2, 0.25) is 0 Å². The highest BCUT2D eigenvalue weighted by Crippen LogP contribution is 2.23. The van der Waals surface area contributed by atoms with Crippen LogP contribution in [0.3, 0.4) is 0 Å². The summed E-state index contributed by atoms with van der Waals surface area (Å²) in [5, 5.41) is 0. The molecule has 2 N–H and O–H groups in total. The van der Waals surface area contributed by atoms with Gasteiger partial charge >= 0.3 is 0 Å². The van der Waals surface area contributed by atoms with E-state index < -0.39 is 0 Å². The molecular weight excluding hydrogens is 228 g/mol. The number of hydrogen-bond acceptors (Lipinski definition) is 3. The first-order valence-corrected chi connectivity index (χ1v) is 5.84. The first-order valence-electron chi connectivity index (χ1n) is 5.84. The number of aryl methyl sites for hydroxylation is 1. The number of benzene rings is 1. The molecule has 0 aliphatic heterocycles. The molecule has 0 radical (unpaired) electrons. The van der Waals surface area contributed by atoms with E-state index in [0.717, 1.165) is 17.1 Å². The summed E-state index contributed by atoms with van der Waals surface area (Å²) in [4.78, 5) is 11.5. The molecular formula is C14H16N2O2. The minimum atomic E-state index is -0.155. The predicted octanol–water partition coefficient (Wildman–Crippen LogP) is 2.13. The van der Waals surface area contributed by atoms with Crippen molar-refractivity contribution in [3.05, 3.63) is 52.4 Å². The summed E-state index contributed by atoms with van der Waals surface area (Å²) in [7, 11) is 0. The Kier molecular flexibility index (Phi) is 3.37. The fourth-order valence-electron chi connectivity index (χ4n) is 1.84. The van der Waals surface area contributed by atoms with Crippen LogP contribution in [-0.2, 0) is 0 Å². The molecule has 4 heteroatoms. The van der Waals surface area contributed by atoms with Crippen LogP contribution in [0.15, 0.2) is 41.3 Å². The number of anilines is 1. The third kappa shape index (κ3) is 2.22. The third-order valence-corrected chi connectivity index (χ3v) is 2.70. The Morgan fingerprint density at radius 1 is 1.33 bits per heavy atom. The van der Waals surface area contributed by atoms with E-state index in [9.17, 15) is 4.79 Å². The monoisotopic (exact) mass is 244 g/mol. The average molecular weight is 244 g/mol. The molecule has 0 aliphatic carbocycles. The van der Waals surface area contributed by atoms with E-state index in [1.54, 1.807) is 6.20 Å². The molecule has 0 bridgehead atoms. The van der Waals surface area contributed by atoms with Gasteiger partial charge in [0.1, 0.15) is 5.75 Å². The van der Waals surface area contributed by atoms with E-state index in [4.69, 9.17) is 10.5 Å². The van der Waals surface area contributed by atoms with Gasteiger partial charge in [-0.1, -0.05) is 12.1 Å². The topological polar surface area (TPSA) is 57.2 Å². The average Bonchev–Trinajstić information content (AvgIpc) is 2.35. The van der Waals surface area contributed by atoms with Crippen LogP contribution in [0.25, 0.3) is 5.69 Å². The Bertz CT molecular complexity index is 617. The number of nitrogens with zero attached hydrogens (tertiary/aromatic N) is 1. The smallest absolute Gasteiger partial charge is 0.204 e. The summed E-state index contributed by atoms with van der Waals surface area (Å²) >= 11 is 0. The zero-order chi connectivity index (χ0) is 13.1. The van der Waals surface area contributed by atoms with Gasteiger partial charge in [-0.2, -0.15) is 0 Å². The van der Waals surface area contributed by atoms with E-state index >= 15 is 0 Å². The van der Waals surface area contributed by atoms with Crippen molar-refractivity contribution in [3.8, 4) is 11.4 Å². The maximum Gasteiger partial charge on any atom is 0.204 e. The minimum Gasteiger partial charge on any atom is -0.492 e. The number of para-hydroxylation sites is 2. The number of ether oxygens (including phenoxy) is 1. The summed E-state index contributed by atoms with van der Waals surface area (Å²) in [5.41, 5.74) is 7.45. The first-order chi connectivity index (χ1) is 8.63. The van der Waals surface area contributed by atoms with Crippen LogP contribution in [0.5, 0.6) is 5.75 Å². The summed E-state index contributed by atoms with van der Waals surface area (Å²) in [6.45, 7) is 4.39. The van der Waals surface area contributed by atoms with Crippen LogP contribution in [0.4, 0.5) is 5.69 Å². The summed E-state index contributed by atoms with van der Waals surface area (Å²) < 4.78 is 7.44. The Morgan fingerprint density at radius 2 is 2.06 bits per heavy atom. The summed E-state index contributed by atoms with van der Waals surface area (Å²) in [6.07, 6.45) is 1.63. The fraction of sp³-hybridized carbons (Fsp3) is 0.214. The zero-order valence-corrected chi connectivity index (χ0v) is 10.5. The summed E-state index contributed by atoms with van der Waals surface area (Å²) in [5.74, 6) is 0.770. The van der Waals surface area contributed by atoms with E-state index in [1.807, 2.05) is 42.7 Å². The Labute approximate surface area is 106 Å². The lowest BCUT2D eigenvalue weighted by atomic mass is 10.2. The van der Waals surface area contributed by atoms with Gasteiger partial charge in [-0.05, 0) is 26.0 Å². The van der Waals surface area contributed by atoms with Crippen molar-refractivity contribution in [3.63, 3.8) is 0 Å². The van der Waals surface area contributed by atoms with Crippen molar-refractivity contribution in [1.29, 1.82) is 0 Å². The standard InChI is InChI=1S/C14H16N2O2/c1-3-18-14-7-5-4-6-12(14)16-9-11(15)13(17)8-10(16)2/h4-9H,3,15H2,1-2H3. The highest BCUT2D eigenvalue weighted by Gasteiger charge is 2.07. The van der Waals surface area contributed by atoms with Gasteiger partial charge in [0.15, 0.2) is 0 Å². The molecule has 0 unspecified atom stereocenters. The molecule has 0 saturated carbocycles. The lowest BCUT2D eigenvalue weighted by molar-refractivity contribution is 0.339. The highest BCUT2D eigenvalue weighted by molar-refractivity contribution is 5.50. The molecule has 0 atom stereocenters. The van der Waals surface area contributed by atoms with Gasteiger partial charge in [-0.25, -0.2) is 0 Å². The van der Waals surface area contributed by atoms with Crippen LogP contribution in [-0.4, -0.2) is 11.2 Å². The van der Waals surface area contributed by atoms with Crippen LogP contribution < -0.4 is 15.9 Å². The van der Waals surface area contributed by atoms with Crippen molar-refractivity contribution >= 4 is 5.69 Å². The quantitative estimate of drug-likeness (QED) is 0.899. The van der Waals surface area contributed by atoms with Crippen LogP contribution >= 0.6 is 0 Å². The molecule has 0 spiro atoms. The fourth-order valence-corrected chi connectivity index (χ4v) is 1.84. The van der Waals surface area contributed by atoms with Crippen LogP contribution in [0.1, 0.15) is 12.6 Å². The first kappa shape index (κ1) is 12.2. The number of nitrogen functional groups attached to an aromatic ring is 1. The lowest BCUT2D eigenvalue weighted by Gasteiger charge is -2.15. The van der Waals surface area contributed by atoms with Crippen molar-refractivity contribution < 1.29 is 4.74 Å². The molecule has 0 fully saturated rings. The van der Waals surface area contributed by atoms with E-state index in [-0.39, 0.29) is 11.1 Å². The number of hydrogen-bond donors (Lipinski definition) is 1. The molecule has 1 heterocycles. The van der Waals surface area contributed by atoms with Gasteiger partial charge in [-0.15, -0.1) is 0 Å². The molecule has 0 amide bonds. The molecule has 0 saturated heterocycles. The molecule has 4 nitrogen and oxygen atoms in total. The van der Waals surface area contributed by atoms with Crippen molar-refractivity contribution in [2.24, 2.45) is 0 Å². The van der Waals surface area contributed by atoms with E-state index in [2.05, 4.69) is 0 Å². The van der Waals surface area contributed by atoms with Gasteiger partial charge in [0.25, 0.3) is 0 Å². The van der Waals surface area contributed by atoms with Gasteiger partial charge < -0.3 is 15.0 Å². The van der Waals surface area contributed by atoms with Gasteiger partial charge in [0.05, 0.1) is 18.0 Å². The number of aromatic nitrogens is 1. The number of nitrogens with two attached hydrogens (primary N) is 1. The minimum absolute atomic E-state index is 0.155. The lowest BCUT2D eigenvalue weighted by Crippen LogP contribution is -2.13. The zero-order valence-electron chi connectivity index (χ0n) is 10.5. The maximum absolute atomic E-state index is 11.5. The van der Waals surface area contributed by atoms with Crippen molar-refractivity contribution in [1.82, 2.24) is 4.57 Å². The molecule has 1 aromatic carbocycles. The summed E-state index contributed by atoms with van der Waals surface area (Å²) in [6, 6.07) is 9.19. The largest absolute Gasteiger partial charge is 0.492 e. The van der Waals surface area contributed by atoms with Crippen molar-refractivity contribution in [2.45, 2.75) is 13.8 Å². The Morgan fingerprint density at radius 3 is 2.78 bits per heavy atom. The second-order valence-corrected chi connectivity index (χ2v) is 4.01. The predicted molar refractivity (Wildman–Crippen MR) is 72.4 cm³/mol. The molecule has 1 aromatic heterocycles. The third-order valence-electron chi connectivity index (χ3n) is 2.70. The van der Waals surface area contributed by atoms with Crippen LogP contribution in [0, 0.1) is 6.92 Å². The van der Waals surface area contributed by atoms with E-state index in [1.165, 1.54) is 6.07 Å². The Balaban J connectivity index is 2.61. The maximum atomic E-state index is 11.5. The SMILES string of the molecule is CCOc1ccccc1-n1cc(N)c(=O)cc1C. The number of rotatable bonds is 3. The number of pyridine rings is 1. The van der Waals surface area contributed by atoms with E-state index in [0.29, 0.717) is 6.61 Å². The van der Waals surface area contributed by atoms with Gasteiger partial charge in [-0.3, -0.25) is 4.79 Å². The normalized spacial score (nSPS) is 10.3.